The molecule has 0 atom stereocenters. The van der Waals surface area contributed by atoms with Gasteiger partial charge in [-0.05, 0) is 62.4 Å². The zero-order valence-electron chi connectivity index (χ0n) is 18.1. The minimum atomic E-state index is 0. The maximum atomic E-state index is 10.5. The molecule has 0 bridgehead atoms. The number of aromatic amines is 1. The van der Waals surface area contributed by atoms with Gasteiger partial charge in [0.15, 0.2) is 0 Å². The second kappa shape index (κ2) is 10.0. The van der Waals surface area contributed by atoms with E-state index in [1.165, 1.54) is 38.8 Å². The van der Waals surface area contributed by atoms with Gasteiger partial charge >= 0.3 is 0 Å². The number of benzene rings is 1. The molecule has 10 heteroatoms. The molecule has 2 fully saturated rings. The molecule has 8 nitrogen and oxygen atoms in total. The van der Waals surface area contributed by atoms with E-state index in [1.54, 1.807) is 24.7 Å². The number of anilines is 1. The number of phenols is 1. The lowest BCUT2D eigenvalue weighted by atomic mass is 9.72. The molecule has 2 N–H and O–H groups in total. The van der Waals surface area contributed by atoms with Crippen molar-refractivity contribution in [1.82, 2.24) is 30.3 Å². The lowest BCUT2D eigenvalue weighted by Gasteiger charge is -2.46. The first-order chi connectivity index (χ1) is 14.6. The third kappa shape index (κ3) is 4.82. The number of aromatic nitrogens is 5. The molecular weight excluding hydrogens is 449 g/mol. The molecule has 0 radical (unpaired) electrons. The number of aromatic hydroxyl groups is 1. The highest BCUT2D eigenvalue weighted by atomic mass is 35.5. The van der Waals surface area contributed by atoms with Crippen molar-refractivity contribution in [3.8, 4) is 28.1 Å². The molecule has 0 unspecified atom stereocenters. The summed E-state index contributed by atoms with van der Waals surface area (Å²) in [6, 6.07) is 5.48. The number of halogens is 2. The molecule has 4 heterocycles. The van der Waals surface area contributed by atoms with E-state index in [9.17, 15) is 5.11 Å². The smallest absolute Gasteiger partial charge is 0.245 e. The predicted molar refractivity (Wildman–Crippen MR) is 130 cm³/mol. The second-order valence-electron chi connectivity index (χ2n) is 8.69. The standard InChI is InChI=1S/C22H27N7O.2ClH/c1-28-8-2-5-22(15-28)6-9-29(10-7-22)21-23-14-19(26-27-21)18-4-3-16(11-20(18)30)17-12-24-25-13-17;;/h3-4,11-14,30H,2,5-10,15H2,1H3,(H,24,25);2*1H. The van der Waals surface area contributed by atoms with Crippen LogP contribution in [-0.4, -0.2) is 68.6 Å². The molecule has 2 aliphatic heterocycles. The zero-order chi connectivity index (χ0) is 20.6. The Morgan fingerprint density at radius 2 is 1.81 bits per heavy atom. The summed E-state index contributed by atoms with van der Waals surface area (Å²) >= 11 is 0. The lowest BCUT2D eigenvalue weighted by molar-refractivity contribution is 0.0818. The van der Waals surface area contributed by atoms with Gasteiger partial charge in [-0.25, -0.2) is 4.98 Å². The van der Waals surface area contributed by atoms with Crippen LogP contribution in [0.15, 0.2) is 36.8 Å². The third-order valence-corrected chi connectivity index (χ3v) is 6.61. The van der Waals surface area contributed by atoms with E-state index < -0.39 is 0 Å². The first-order valence-electron chi connectivity index (χ1n) is 10.6. The summed E-state index contributed by atoms with van der Waals surface area (Å²) in [5, 5.41) is 25.9. The quantitative estimate of drug-likeness (QED) is 0.592. The molecular formula is C22H29Cl2N7O. The number of piperidine rings is 2. The minimum absolute atomic E-state index is 0. The van der Waals surface area contributed by atoms with Gasteiger partial charge in [-0.1, -0.05) is 6.07 Å². The summed E-state index contributed by atoms with van der Waals surface area (Å²) in [6.07, 6.45) is 10.2. The van der Waals surface area contributed by atoms with Crippen molar-refractivity contribution >= 4 is 30.8 Å². The molecule has 2 aliphatic rings. The Bertz CT molecular complexity index is 1010. The molecule has 32 heavy (non-hydrogen) atoms. The van der Waals surface area contributed by atoms with Crippen LogP contribution in [0.4, 0.5) is 5.95 Å². The van der Waals surface area contributed by atoms with Gasteiger partial charge in [-0.3, -0.25) is 5.10 Å². The van der Waals surface area contributed by atoms with Crippen LogP contribution in [-0.2, 0) is 0 Å². The van der Waals surface area contributed by atoms with Crippen LogP contribution in [0.2, 0.25) is 0 Å². The Kier molecular flexibility index (Phi) is 7.59. The predicted octanol–water partition coefficient (Wildman–Crippen LogP) is 3.79. The van der Waals surface area contributed by atoms with E-state index in [4.69, 9.17) is 0 Å². The zero-order valence-corrected chi connectivity index (χ0v) is 19.7. The SMILES string of the molecule is CN1CCCC2(CCN(c3ncc(-c4ccc(-c5cn[nH]c5)cc4O)nn3)CC2)C1.Cl.Cl. The number of hydrogen-bond acceptors (Lipinski definition) is 7. The molecule has 0 saturated carbocycles. The highest BCUT2D eigenvalue weighted by Crippen LogP contribution is 2.40. The Morgan fingerprint density at radius 1 is 1.00 bits per heavy atom. The van der Waals surface area contributed by atoms with Crippen molar-refractivity contribution in [3.05, 3.63) is 36.8 Å². The van der Waals surface area contributed by atoms with Gasteiger partial charge in [0, 0.05) is 37.0 Å². The van der Waals surface area contributed by atoms with Crippen LogP contribution in [0, 0.1) is 5.41 Å². The van der Waals surface area contributed by atoms with Crippen LogP contribution in [0.25, 0.3) is 22.4 Å². The van der Waals surface area contributed by atoms with E-state index in [-0.39, 0.29) is 30.6 Å². The van der Waals surface area contributed by atoms with E-state index in [1.807, 2.05) is 12.1 Å². The lowest BCUT2D eigenvalue weighted by Crippen LogP contribution is -2.48. The number of likely N-dealkylation sites (tertiary alicyclic amines) is 1. The Balaban J connectivity index is 0.00000144. The fraction of sp³-hybridized carbons (Fsp3) is 0.455. The second-order valence-corrected chi connectivity index (χ2v) is 8.69. The number of hydrogen-bond donors (Lipinski definition) is 2. The summed E-state index contributed by atoms with van der Waals surface area (Å²) in [4.78, 5) is 9.26. The van der Waals surface area contributed by atoms with Gasteiger partial charge in [0.2, 0.25) is 5.95 Å². The molecule has 2 saturated heterocycles. The van der Waals surface area contributed by atoms with Crippen molar-refractivity contribution in [3.63, 3.8) is 0 Å². The van der Waals surface area contributed by atoms with Gasteiger partial charge in [0.25, 0.3) is 0 Å². The van der Waals surface area contributed by atoms with Crippen molar-refractivity contribution in [2.75, 3.05) is 38.1 Å². The van der Waals surface area contributed by atoms with E-state index >= 15 is 0 Å². The monoisotopic (exact) mass is 477 g/mol. The van der Waals surface area contributed by atoms with E-state index in [2.05, 4.69) is 42.2 Å². The van der Waals surface area contributed by atoms with E-state index in [0.717, 1.165) is 24.2 Å². The van der Waals surface area contributed by atoms with Crippen molar-refractivity contribution < 1.29 is 5.11 Å². The van der Waals surface area contributed by atoms with Crippen LogP contribution in [0.5, 0.6) is 5.75 Å². The Hall–Kier alpha value is -2.42. The largest absolute Gasteiger partial charge is 0.507 e. The van der Waals surface area contributed by atoms with Gasteiger partial charge in [0.05, 0.1) is 12.4 Å². The van der Waals surface area contributed by atoms with Crippen LogP contribution >= 0.6 is 24.8 Å². The van der Waals surface area contributed by atoms with Crippen LogP contribution < -0.4 is 4.90 Å². The van der Waals surface area contributed by atoms with Crippen molar-refractivity contribution in [2.24, 2.45) is 5.41 Å². The Morgan fingerprint density at radius 3 is 2.44 bits per heavy atom. The van der Waals surface area contributed by atoms with Gasteiger partial charge in [-0.15, -0.1) is 35.0 Å². The highest BCUT2D eigenvalue weighted by Gasteiger charge is 2.37. The van der Waals surface area contributed by atoms with Gasteiger partial charge in [-0.2, -0.15) is 5.10 Å². The topological polar surface area (TPSA) is 94.1 Å². The maximum absolute atomic E-state index is 10.5. The van der Waals surface area contributed by atoms with Gasteiger partial charge < -0.3 is 14.9 Å². The molecule has 172 valence electrons. The number of H-pyrrole nitrogens is 1. The van der Waals surface area contributed by atoms with Crippen molar-refractivity contribution in [1.29, 1.82) is 0 Å². The molecule has 1 aromatic carbocycles. The summed E-state index contributed by atoms with van der Waals surface area (Å²) in [5.41, 5.74) is 3.45. The molecule has 3 aromatic rings. The number of phenolic OH excluding ortho intramolecular Hbond substituents is 1. The number of nitrogens with zero attached hydrogens (tertiary/aromatic N) is 6. The summed E-state index contributed by atoms with van der Waals surface area (Å²) in [5.74, 6) is 0.825. The highest BCUT2D eigenvalue weighted by molar-refractivity contribution is 5.85. The fourth-order valence-corrected chi connectivity index (χ4v) is 4.92. The summed E-state index contributed by atoms with van der Waals surface area (Å²) in [6.45, 7) is 4.36. The first-order valence-corrected chi connectivity index (χ1v) is 10.6. The van der Waals surface area contributed by atoms with Crippen molar-refractivity contribution in [2.45, 2.75) is 25.7 Å². The number of rotatable bonds is 3. The molecule has 5 rings (SSSR count). The first kappa shape index (κ1) is 24.2. The van der Waals surface area contributed by atoms with Gasteiger partial charge in [0.1, 0.15) is 11.4 Å². The molecule has 1 spiro atoms. The average Bonchev–Trinajstić information content (AvgIpc) is 3.29. The molecule has 0 amide bonds. The summed E-state index contributed by atoms with van der Waals surface area (Å²) in [7, 11) is 2.23. The Labute approximate surface area is 200 Å². The minimum Gasteiger partial charge on any atom is -0.507 e. The maximum Gasteiger partial charge on any atom is 0.245 e. The fourth-order valence-electron chi connectivity index (χ4n) is 4.92. The third-order valence-electron chi connectivity index (χ3n) is 6.61. The molecule has 0 aliphatic carbocycles. The summed E-state index contributed by atoms with van der Waals surface area (Å²) < 4.78 is 0. The van der Waals surface area contributed by atoms with E-state index in [0.29, 0.717) is 22.6 Å². The van der Waals surface area contributed by atoms with Crippen LogP contribution in [0.3, 0.4) is 0 Å². The van der Waals surface area contributed by atoms with Crippen LogP contribution in [0.1, 0.15) is 25.7 Å². The molecule has 2 aromatic heterocycles. The average molecular weight is 478 g/mol. The normalized spacial score (nSPS) is 18.1. The number of nitrogens with one attached hydrogen (secondary N) is 1.